The van der Waals surface area contributed by atoms with E-state index in [1.165, 1.54) is 0 Å². The molecule has 4 rings (SSSR count). The minimum absolute atomic E-state index is 0.230. The van der Waals surface area contributed by atoms with Gasteiger partial charge in [0.05, 0.1) is 21.6 Å². The molecule has 0 saturated carbocycles. The van der Waals surface area contributed by atoms with Gasteiger partial charge >= 0.3 is 0 Å². The number of aromatic nitrogens is 3. The van der Waals surface area contributed by atoms with E-state index in [4.69, 9.17) is 0 Å². The van der Waals surface area contributed by atoms with Gasteiger partial charge in [0.2, 0.25) is 9.84 Å². The summed E-state index contributed by atoms with van der Waals surface area (Å²) < 4.78 is 28.0. The number of pyridine rings is 1. The van der Waals surface area contributed by atoms with Crippen molar-refractivity contribution in [3.05, 3.63) is 85.1 Å². The lowest BCUT2D eigenvalue weighted by molar-refractivity contribution is 0.596. The fourth-order valence-corrected chi connectivity index (χ4v) is 4.22. The van der Waals surface area contributed by atoms with Crippen LogP contribution in [0.25, 0.3) is 10.9 Å². The molecule has 0 N–H and O–H groups in total. The summed E-state index contributed by atoms with van der Waals surface area (Å²) in [6.07, 6.45) is 6.92. The number of nitrogens with zero attached hydrogens (tertiary/aromatic N) is 3. The molecule has 0 radical (unpaired) electrons. The molecule has 5 nitrogen and oxygen atoms in total. The van der Waals surface area contributed by atoms with Crippen molar-refractivity contribution < 1.29 is 8.42 Å². The minimum atomic E-state index is -3.63. The fraction of sp³-hybridized carbons (Fsp3) is 0.0526. The first-order valence-electron chi connectivity index (χ1n) is 7.78. The first kappa shape index (κ1) is 15.5. The molecular weight excluding hydrogens is 334 g/mol. The van der Waals surface area contributed by atoms with Crippen molar-refractivity contribution >= 4 is 20.7 Å². The predicted octanol–water partition coefficient (Wildman–Crippen LogP) is 3.31. The lowest BCUT2D eigenvalue weighted by Gasteiger charge is -2.09. The first-order chi connectivity index (χ1) is 12.1. The van der Waals surface area contributed by atoms with Crippen LogP contribution in [0, 0.1) is 0 Å². The maximum Gasteiger partial charge on any atom is 0.208 e. The number of hydrogen-bond acceptors (Lipinski definition) is 4. The van der Waals surface area contributed by atoms with Gasteiger partial charge in [-0.3, -0.25) is 4.98 Å². The van der Waals surface area contributed by atoms with Gasteiger partial charge in [0.1, 0.15) is 0 Å². The van der Waals surface area contributed by atoms with Crippen molar-refractivity contribution in [1.82, 2.24) is 14.5 Å². The largest absolute Gasteiger partial charge is 0.333 e. The molecule has 0 spiro atoms. The second-order valence-electron chi connectivity index (χ2n) is 5.71. The maximum atomic E-state index is 13.0. The van der Waals surface area contributed by atoms with E-state index >= 15 is 0 Å². The quantitative estimate of drug-likeness (QED) is 0.567. The molecule has 2 aromatic heterocycles. The molecule has 0 aliphatic carbocycles. The van der Waals surface area contributed by atoms with E-state index in [1.54, 1.807) is 49.1 Å². The summed E-state index contributed by atoms with van der Waals surface area (Å²) in [5.74, 6) is 0. The van der Waals surface area contributed by atoms with E-state index in [2.05, 4.69) is 9.97 Å². The minimum Gasteiger partial charge on any atom is -0.333 e. The highest BCUT2D eigenvalue weighted by molar-refractivity contribution is 7.91. The summed E-state index contributed by atoms with van der Waals surface area (Å²) in [4.78, 5) is 8.75. The van der Waals surface area contributed by atoms with Crippen molar-refractivity contribution in [2.45, 2.75) is 16.3 Å². The number of hydrogen-bond donors (Lipinski definition) is 0. The van der Waals surface area contributed by atoms with Crippen LogP contribution in [-0.4, -0.2) is 23.0 Å². The van der Waals surface area contributed by atoms with Crippen LogP contribution < -0.4 is 0 Å². The Kier molecular flexibility index (Phi) is 3.82. The van der Waals surface area contributed by atoms with Crippen LogP contribution in [0.5, 0.6) is 0 Å². The van der Waals surface area contributed by atoms with Crippen LogP contribution >= 0.6 is 0 Å². The molecule has 2 heterocycles. The number of fused-ring (bicyclic) bond motifs is 1. The molecule has 0 fully saturated rings. The summed E-state index contributed by atoms with van der Waals surface area (Å²) in [5.41, 5.74) is 1.50. The Hall–Kier alpha value is -2.99. The topological polar surface area (TPSA) is 64.8 Å². The van der Waals surface area contributed by atoms with Crippen molar-refractivity contribution in [2.75, 3.05) is 0 Å². The normalized spacial score (nSPS) is 11.7. The first-order valence-corrected chi connectivity index (χ1v) is 9.26. The predicted molar refractivity (Wildman–Crippen MR) is 95.0 cm³/mol. The van der Waals surface area contributed by atoms with Crippen molar-refractivity contribution in [3.8, 4) is 0 Å². The van der Waals surface area contributed by atoms with Gasteiger partial charge in [-0.15, -0.1) is 0 Å². The van der Waals surface area contributed by atoms with E-state index in [-0.39, 0.29) is 9.79 Å². The second kappa shape index (κ2) is 6.14. The number of para-hydroxylation sites is 1. The van der Waals surface area contributed by atoms with Crippen LogP contribution in [0.2, 0.25) is 0 Å². The molecule has 0 aliphatic heterocycles. The third-order valence-corrected chi connectivity index (χ3v) is 5.84. The van der Waals surface area contributed by atoms with E-state index in [0.29, 0.717) is 12.1 Å². The third kappa shape index (κ3) is 2.92. The zero-order valence-electron chi connectivity index (χ0n) is 13.3. The zero-order valence-corrected chi connectivity index (χ0v) is 14.1. The van der Waals surface area contributed by atoms with Gasteiger partial charge in [0.25, 0.3) is 0 Å². The third-order valence-electron chi connectivity index (χ3n) is 4.04. The van der Waals surface area contributed by atoms with E-state index in [1.807, 2.05) is 35.0 Å². The average Bonchev–Trinajstić information content (AvgIpc) is 3.15. The molecular formula is C19H15N3O2S. The van der Waals surface area contributed by atoms with Crippen LogP contribution in [0.15, 0.2) is 89.3 Å². The molecule has 0 amide bonds. The molecule has 0 unspecified atom stereocenters. The number of benzene rings is 2. The maximum absolute atomic E-state index is 13.0. The fourth-order valence-electron chi connectivity index (χ4n) is 2.79. The Balaban J connectivity index is 1.72. The van der Waals surface area contributed by atoms with Crippen molar-refractivity contribution in [2.24, 2.45) is 0 Å². The summed E-state index contributed by atoms with van der Waals surface area (Å²) in [5, 5.41) is 0.806. The average molecular weight is 349 g/mol. The molecule has 0 bridgehead atoms. The highest BCUT2D eigenvalue weighted by Gasteiger charge is 2.20. The van der Waals surface area contributed by atoms with Gasteiger partial charge in [0.15, 0.2) is 0 Å². The molecule has 0 atom stereocenters. The van der Waals surface area contributed by atoms with Gasteiger partial charge in [-0.25, -0.2) is 13.4 Å². The highest BCUT2D eigenvalue weighted by atomic mass is 32.2. The van der Waals surface area contributed by atoms with E-state index in [9.17, 15) is 8.42 Å². The van der Waals surface area contributed by atoms with Gasteiger partial charge < -0.3 is 4.57 Å². The van der Waals surface area contributed by atoms with Crippen LogP contribution in [-0.2, 0) is 16.4 Å². The monoisotopic (exact) mass is 349 g/mol. The number of sulfone groups is 1. The molecule has 25 heavy (non-hydrogen) atoms. The van der Waals surface area contributed by atoms with Gasteiger partial charge in [0, 0.05) is 30.5 Å². The summed E-state index contributed by atoms with van der Waals surface area (Å²) in [6, 6.07) is 15.8. The van der Waals surface area contributed by atoms with Crippen molar-refractivity contribution in [3.63, 3.8) is 0 Å². The lowest BCUT2D eigenvalue weighted by atomic mass is 10.2. The van der Waals surface area contributed by atoms with Crippen LogP contribution in [0.3, 0.4) is 0 Å². The SMILES string of the molecule is O=S(=O)(c1ccc(Cn2ccnc2)cc1)c1cccc2cccnc12. The molecule has 2 aromatic carbocycles. The van der Waals surface area contributed by atoms with Gasteiger partial charge in [-0.1, -0.05) is 30.3 Å². The van der Waals surface area contributed by atoms with Gasteiger partial charge in [-0.05, 0) is 29.8 Å². The molecule has 4 aromatic rings. The molecule has 0 aliphatic rings. The molecule has 6 heteroatoms. The smallest absolute Gasteiger partial charge is 0.208 e. The Morgan fingerprint density at radius 2 is 1.72 bits per heavy atom. The van der Waals surface area contributed by atoms with E-state index in [0.717, 1.165) is 10.9 Å². The van der Waals surface area contributed by atoms with Crippen molar-refractivity contribution in [1.29, 1.82) is 0 Å². The van der Waals surface area contributed by atoms with Gasteiger partial charge in [-0.2, -0.15) is 0 Å². The highest BCUT2D eigenvalue weighted by Crippen LogP contribution is 2.27. The molecule has 0 saturated heterocycles. The lowest BCUT2D eigenvalue weighted by Crippen LogP contribution is -2.04. The summed E-state index contributed by atoms with van der Waals surface area (Å²) >= 11 is 0. The Bertz CT molecular complexity index is 1110. The number of imidazole rings is 1. The van der Waals surface area contributed by atoms with Crippen LogP contribution in [0.1, 0.15) is 5.56 Å². The standard InChI is InChI=1S/C19H15N3O2S/c23-25(24,18-5-1-3-16-4-2-10-21-19(16)18)17-8-6-15(7-9-17)13-22-12-11-20-14-22/h1-12,14H,13H2. The second-order valence-corrected chi connectivity index (χ2v) is 7.63. The summed E-state index contributed by atoms with van der Waals surface area (Å²) in [7, 11) is -3.63. The molecule has 124 valence electrons. The Morgan fingerprint density at radius 3 is 2.48 bits per heavy atom. The number of rotatable bonds is 4. The van der Waals surface area contributed by atoms with Crippen LogP contribution in [0.4, 0.5) is 0 Å². The Labute approximate surface area is 145 Å². The summed E-state index contributed by atoms with van der Waals surface area (Å²) in [6.45, 7) is 0.649. The Morgan fingerprint density at radius 1 is 0.920 bits per heavy atom. The zero-order chi connectivity index (χ0) is 17.3. The van der Waals surface area contributed by atoms with E-state index < -0.39 is 9.84 Å².